The number of hydrogen-bond donors (Lipinski definition) is 1. The fourth-order valence-corrected chi connectivity index (χ4v) is 2.59. The molecule has 0 unspecified atom stereocenters. The smallest absolute Gasteiger partial charge is 0.228 e. The number of carbonyl (C=O) groups excluding carboxylic acids is 1. The molecule has 0 saturated heterocycles. The van der Waals surface area contributed by atoms with Crippen LogP contribution >= 0.6 is 23.2 Å². The Morgan fingerprint density at radius 1 is 1.25 bits per heavy atom. The van der Waals surface area contributed by atoms with Crippen LogP contribution in [0.15, 0.2) is 18.2 Å². The highest BCUT2D eigenvalue weighted by Gasteiger charge is 2.13. The standard InChI is InChI=1S/C14H15Cl2N3O/c1-8-13(9(2)19(3)18-8)7-14(20)17-12-5-10(15)4-11(16)6-12/h4-6H,7H2,1-3H3,(H,17,20). The number of benzene rings is 1. The first kappa shape index (κ1) is 14.9. The average Bonchev–Trinajstić information content (AvgIpc) is 2.54. The number of aromatic nitrogens is 2. The minimum atomic E-state index is -0.123. The van der Waals surface area contributed by atoms with Gasteiger partial charge >= 0.3 is 0 Å². The van der Waals surface area contributed by atoms with E-state index in [2.05, 4.69) is 10.4 Å². The zero-order valence-corrected chi connectivity index (χ0v) is 13.0. The van der Waals surface area contributed by atoms with Gasteiger partial charge in [0.1, 0.15) is 0 Å². The van der Waals surface area contributed by atoms with E-state index in [0.29, 0.717) is 15.7 Å². The lowest BCUT2D eigenvalue weighted by atomic mass is 10.1. The molecule has 2 aromatic rings. The van der Waals surface area contributed by atoms with Gasteiger partial charge in [0.15, 0.2) is 0 Å². The van der Waals surface area contributed by atoms with Crippen LogP contribution < -0.4 is 5.32 Å². The number of anilines is 1. The number of carbonyl (C=O) groups is 1. The molecule has 6 heteroatoms. The first-order chi connectivity index (χ1) is 9.36. The zero-order valence-electron chi connectivity index (χ0n) is 11.5. The van der Waals surface area contributed by atoms with Gasteiger partial charge in [-0.2, -0.15) is 5.10 Å². The molecule has 0 saturated carbocycles. The molecule has 0 bridgehead atoms. The topological polar surface area (TPSA) is 46.9 Å². The molecular weight excluding hydrogens is 297 g/mol. The van der Waals surface area contributed by atoms with Crippen LogP contribution in [0, 0.1) is 13.8 Å². The molecule has 1 heterocycles. The monoisotopic (exact) mass is 311 g/mol. The molecule has 4 nitrogen and oxygen atoms in total. The molecule has 106 valence electrons. The molecule has 0 spiro atoms. The Kier molecular flexibility index (Phi) is 4.35. The lowest BCUT2D eigenvalue weighted by Crippen LogP contribution is -2.15. The van der Waals surface area contributed by atoms with Crippen molar-refractivity contribution in [1.29, 1.82) is 0 Å². The highest BCUT2D eigenvalue weighted by Crippen LogP contribution is 2.23. The van der Waals surface area contributed by atoms with Crippen molar-refractivity contribution in [2.24, 2.45) is 7.05 Å². The second-order valence-corrected chi connectivity index (χ2v) is 5.53. The SMILES string of the molecule is Cc1nn(C)c(C)c1CC(=O)Nc1cc(Cl)cc(Cl)c1. The summed E-state index contributed by atoms with van der Waals surface area (Å²) in [6.45, 7) is 3.84. The molecule has 0 aliphatic rings. The Morgan fingerprint density at radius 2 is 1.85 bits per heavy atom. The van der Waals surface area contributed by atoms with Crippen LogP contribution in [0.1, 0.15) is 17.0 Å². The summed E-state index contributed by atoms with van der Waals surface area (Å²) in [7, 11) is 1.86. The number of nitrogens with one attached hydrogen (secondary N) is 1. The van der Waals surface area contributed by atoms with E-state index in [0.717, 1.165) is 17.0 Å². The number of aryl methyl sites for hydroxylation is 2. The van der Waals surface area contributed by atoms with E-state index < -0.39 is 0 Å². The van der Waals surface area contributed by atoms with Crippen molar-refractivity contribution >= 4 is 34.8 Å². The normalized spacial score (nSPS) is 10.7. The van der Waals surface area contributed by atoms with Gasteiger partial charge in [0, 0.05) is 34.0 Å². The molecule has 0 aliphatic heterocycles. The fraction of sp³-hybridized carbons (Fsp3) is 0.286. The van der Waals surface area contributed by atoms with Gasteiger partial charge in [-0.05, 0) is 32.0 Å². The molecular formula is C14H15Cl2N3O. The molecule has 2 rings (SSSR count). The highest BCUT2D eigenvalue weighted by molar-refractivity contribution is 6.35. The van der Waals surface area contributed by atoms with Crippen molar-refractivity contribution < 1.29 is 4.79 Å². The van der Waals surface area contributed by atoms with Crippen LogP contribution in [-0.4, -0.2) is 15.7 Å². The van der Waals surface area contributed by atoms with Crippen molar-refractivity contribution in [2.45, 2.75) is 20.3 Å². The van der Waals surface area contributed by atoms with Crippen molar-refractivity contribution in [2.75, 3.05) is 5.32 Å². The van der Waals surface area contributed by atoms with Gasteiger partial charge in [-0.3, -0.25) is 9.48 Å². The third-order valence-electron chi connectivity index (χ3n) is 3.14. The molecule has 1 amide bonds. The summed E-state index contributed by atoms with van der Waals surface area (Å²) in [5.74, 6) is -0.123. The summed E-state index contributed by atoms with van der Waals surface area (Å²) in [5, 5.41) is 8.06. The van der Waals surface area contributed by atoms with Gasteiger partial charge in [-0.15, -0.1) is 0 Å². The van der Waals surface area contributed by atoms with Crippen molar-refractivity contribution in [3.63, 3.8) is 0 Å². The molecule has 1 aromatic carbocycles. The Hall–Kier alpha value is -1.52. The van der Waals surface area contributed by atoms with Crippen LogP contribution in [0.4, 0.5) is 5.69 Å². The molecule has 0 radical (unpaired) electrons. The second kappa shape index (κ2) is 5.85. The maximum Gasteiger partial charge on any atom is 0.228 e. The summed E-state index contributed by atoms with van der Waals surface area (Å²) in [5.41, 5.74) is 3.39. The summed E-state index contributed by atoms with van der Waals surface area (Å²) < 4.78 is 1.77. The number of amides is 1. The summed E-state index contributed by atoms with van der Waals surface area (Å²) in [6, 6.07) is 4.94. The van der Waals surface area contributed by atoms with Crippen molar-refractivity contribution in [1.82, 2.24) is 9.78 Å². The molecule has 0 fully saturated rings. The van der Waals surface area contributed by atoms with E-state index >= 15 is 0 Å². The Labute approximate surface area is 127 Å². The van der Waals surface area contributed by atoms with Gasteiger partial charge in [0.25, 0.3) is 0 Å². The van der Waals surface area contributed by atoms with Gasteiger partial charge in [0.05, 0.1) is 12.1 Å². The largest absolute Gasteiger partial charge is 0.326 e. The third kappa shape index (κ3) is 3.32. The molecule has 0 aliphatic carbocycles. The van der Waals surface area contributed by atoms with Crippen LogP contribution in [0.5, 0.6) is 0 Å². The van der Waals surface area contributed by atoms with Crippen LogP contribution in [-0.2, 0) is 18.3 Å². The minimum absolute atomic E-state index is 0.123. The van der Waals surface area contributed by atoms with E-state index in [-0.39, 0.29) is 12.3 Å². The average molecular weight is 312 g/mol. The number of hydrogen-bond acceptors (Lipinski definition) is 2. The Bertz CT molecular complexity index is 644. The van der Waals surface area contributed by atoms with Gasteiger partial charge in [0.2, 0.25) is 5.91 Å². The van der Waals surface area contributed by atoms with Crippen LogP contribution in [0.3, 0.4) is 0 Å². The highest BCUT2D eigenvalue weighted by atomic mass is 35.5. The maximum atomic E-state index is 12.1. The quantitative estimate of drug-likeness (QED) is 0.942. The Morgan fingerprint density at radius 3 is 2.35 bits per heavy atom. The van der Waals surface area contributed by atoms with Gasteiger partial charge in [-0.25, -0.2) is 0 Å². The van der Waals surface area contributed by atoms with E-state index in [1.807, 2.05) is 20.9 Å². The van der Waals surface area contributed by atoms with E-state index in [9.17, 15) is 4.79 Å². The van der Waals surface area contributed by atoms with Crippen LogP contribution in [0.25, 0.3) is 0 Å². The number of nitrogens with zero attached hydrogens (tertiary/aromatic N) is 2. The summed E-state index contributed by atoms with van der Waals surface area (Å²) >= 11 is 11.8. The predicted octanol–water partition coefficient (Wildman–Crippen LogP) is 3.52. The molecule has 1 N–H and O–H groups in total. The van der Waals surface area contributed by atoms with Crippen molar-refractivity contribution in [3.8, 4) is 0 Å². The summed E-state index contributed by atoms with van der Waals surface area (Å²) in [6.07, 6.45) is 0.273. The third-order valence-corrected chi connectivity index (χ3v) is 3.58. The summed E-state index contributed by atoms with van der Waals surface area (Å²) in [4.78, 5) is 12.1. The zero-order chi connectivity index (χ0) is 14.9. The molecule has 20 heavy (non-hydrogen) atoms. The van der Waals surface area contributed by atoms with Crippen molar-refractivity contribution in [3.05, 3.63) is 45.2 Å². The van der Waals surface area contributed by atoms with Gasteiger partial charge < -0.3 is 5.32 Å². The first-order valence-corrected chi connectivity index (χ1v) is 6.87. The predicted molar refractivity (Wildman–Crippen MR) is 81.5 cm³/mol. The number of rotatable bonds is 3. The van der Waals surface area contributed by atoms with Crippen LogP contribution in [0.2, 0.25) is 10.0 Å². The maximum absolute atomic E-state index is 12.1. The van der Waals surface area contributed by atoms with Gasteiger partial charge in [-0.1, -0.05) is 23.2 Å². The second-order valence-electron chi connectivity index (χ2n) is 4.66. The minimum Gasteiger partial charge on any atom is -0.326 e. The number of halogens is 2. The van der Waals surface area contributed by atoms with E-state index in [4.69, 9.17) is 23.2 Å². The first-order valence-electron chi connectivity index (χ1n) is 6.12. The molecule has 1 aromatic heterocycles. The van der Waals surface area contributed by atoms with E-state index in [1.165, 1.54) is 0 Å². The lowest BCUT2D eigenvalue weighted by molar-refractivity contribution is -0.115. The fourth-order valence-electron chi connectivity index (χ4n) is 2.07. The Balaban J connectivity index is 2.13. The van der Waals surface area contributed by atoms with E-state index in [1.54, 1.807) is 22.9 Å². The molecule has 0 atom stereocenters. The lowest BCUT2D eigenvalue weighted by Gasteiger charge is -2.07.